The number of anilines is 2. The minimum atomic E-state index is -4.37. The number of aromatic nitrogens is 1. The molecule has 0 bridgehead atoms. The molecule has 0 amide bonds. The highest BCUT2D eigenvalue weighted by molar-refractivity contribution is 5.49. The van der Waals surface area contributed by atoms with Crippen molar-refractivity contribution in [2.45, 2.75) is 40.3 Å². The summed E-state index contributed by atoms with van der Waals surface area (Å²) in [6, 6.07) is 2.08. The maximum absolute atomic E-state index is 12.8. The highest BCUT2D eigenvalue weighted by Gasteiger charge is 2.31. The van der Waals surface area contributed by atoms with E-state index < -0.39 is 11.7 Å². The van der Waals surface area contributed by atoms with E-state index in [0.717, 1.165) is 18.6 Å². The van der Waals surface area contributed by atoms with E-state index in [2.05, 4.69) is 29.5 Å². The molecule has 3 nitrogen and oxygen atoms in total. The van der Waals surface area contributed by atoms with Crippen LogP contribution in [0.1, 0.15) is 39.7 Å². The van der Waals surface area contributed by atoms with Gasteiger partial charge in [-0.05, 0) is 30.9 Å². The van der Waals surface area contributed by atoms with E-state index in [-0.39, 0.29) is 17.1 Å². The molecular formula is C14H22F3N3. The Morgan fingerprint density at radius 2 is 1.60 bits per heavy atom. The van der Waals surface area contributed by atoms with E-state index >= 15 is 0 Å². The highest BCUT2D eigenvalue weighted by Crippen LogP contribution is 2.32. The molecule has 1 heterocycles. The Kier molecular flexibility index (Phi) is 5.25. The molecule has 1 aromatic heterocycles. The number of halogens is 3. The molecule has 0 spiro atoms. The first-order chi connectivity index (χ1) is 9.18. The van der Waals surface area contributed by atoms with Gasteiger partial charge in [0, 0.05) is 13.1 Å². The normalized spacial score (nSPS) is 12.3. The quantitative estimate of drug-likeness (QED) is 0.816. The molecule has 0 atom stereocenters. The number of rotatable bonds is 6. The summed E-state index contributed by atoms with van der Waals surface area (Å²) in [5.41, 5.74) is -0.686. The number of hydrogen-bond donors (Lipinski definition) is 2. The standard InChI is InChI=1S/C14H22F3N3/c1-5-13(3,4)9-19-12-8-10(14(15,16)17)7-11(20-12)18-6-2/h7-8H,5-6,9H2,1-4H3,(H2,18,19,20). The van der Waals surface area contributed by atoms with Crippen LogP contribution in [0.5, 0.6) is 0 Å². The van der Waals surface area contributed by atoms with Crippen molar-refractivity contribution in [2.75, 3.05) is 23.7 Å². The Bertz CT molecular complexity index is 442. The van der Waals surface area contributed by atoms with Gasteiger partial charge in [0.1, 0.15) is 11.6 Å². The number of hydrogen-bond acceptors (Lipinski definition) is 3. The van der Waals surface area contributed by atoms with Gasteiger partial charge in [0.05, 0.1) is 5.56 Å². The van der Waals surface area contributed by atoms with Gasteiger partial charge >= 0.3 is 6.18 Å². The fourth-order valence-electron chi connectivity index (χ4n) is 1.51. The van der Waals surface area contributed by atoms with Crippen LogP contribution < -0.4 is 10.6 Å². The second-order valence-corrected chi connectivity index (χ2v) is 5.53. The zero-order chi connectivity index (χ0) is 15.4. The second kappa shape index (κ2) is 6.33. The third-order valence-corrected chi connectivity index (χ3v) is 3.22. The molecule has 0 aliphatic heterocycles. The SMILES string of the molecule is CCNc1cc(C(F)(F)F)cc(NCC(C)(C)CC)n1. The molecule has 114 valence electrons. The zero-order valence-electron chi connectivity index (χ0n) is 12.4. The fourth-order valence-corrected chi connectivity index (χ4v) is 1.51. The summed E-state index contributed by atoms with van der Waals surface area (Å²) in [7, 11) is 0. The minimum Gasteiger partial charge on any atom is -0.370 e. The third kappa shape index (κ3) is 4.90. The molecule has 1 rings (SSSR count). The molecule has 6 heteroatoms. The topological polar surface area (TPSA) is 37.0 Å². The molecule has 1 aromatic rings. The number of alkyl halides is 3. The molecule has 0 radical (unpaired) electrons. The van der Waals surface area contributed by atoms with Gasteiger partial charge in [-0.3, -0.25) is 0 Å². The summed E-state index contributed by atoms with van der Waals surface area (Å²) < 4.78 is 38.5. The zero-order valence-corrected chi connectivity index (χ0v) is 12.4. The maximum Gasteiger partial charge on any atom is 0.416 e. The predicted octanol–water partition coefficient (Wildman–Crippen LogP) is 4.38. The first kappa shape index (κ1) is 16.6. The van der Waals surface area contributed by atoms with Gasteiger partial charge in [0.2, 0.25) is 0 Å². The van der Waals surface area contributed by atoms with Crippen molar-refractivity contribution in [3.8, 4) is 0 Å². The Hall–Kier alpha value is -1.46. The van der Waals surface area contributed by atoms with E-state index in [1.807, 2.05) is 13.8 Å². The van der Waals surface area contributed by atoms with Crippen LogP contribution in [0.4, 0.5) is 24.8 Å². The summed E-state index contributed by atoms with van der Waals surface area (Å²) in [6.07, 6.45) is -3.44. The molecular weight excluding hydrogens is 267 g/mol. The van der Waals surface area contributed by atoms with Crippen LogP contribution in [0.25, 0.3) is 0 Å². The average molecular weight is 289 g/mol. The van der Waals surface area contributed by atoms with Crippen LogP contribution in [-0.4, -0.2) is 18.1 Å². The van der Waals surface area contributed by atoms with E-state index in [1.54, 1.807) is 0 Å². The Morgan fingerprint density at radius 1 is 1.05 bits per heavy atom. The predicted molar refractivity (Wildman–Crippen MR) is 76.0 cm³/mol. The molecule has 0 fully saturated rings. The van der Waals surface area contributed by atoms with Gasteiger partial charge in [0.25, 0.3) is 0 Å². The summed E-state index contributed by atoms with van der Waals surface area (Å²) in [6.45, 7) is 9.07. The van der Waals surface area contributed by atoms with Crippen molar-refractivity contribution in [1.29, 1.82) is 0 Å². The Labute approximate surface area is 118 Å². The van der Waals surface area contributed by atoms with Crippen molar-refractivity contribution >= 4 is 11.6 Å². The summed E-state index contributed by atoms with van der Waals surface area (Å²) in [4.78, 5) is 4.15. The molecule has 0 aliphatic rings. The second-order valence-electron chi connectivity index (χ2n) is 5.53. The molecule has 0 aliphatic carbocycles. The van der Waals surface area contributed by atoms with E-state index in [9.17, 15) is 13.2 Å². The van der Waals surface area contributed by atoms with Crippen molar-refractivity contribution in [3.63, 3.8) is 0 Å². The van der Waals surface area contributed by atoms with Crippen LogP contribution in [-0.2, 0) is 6.18 Å². The monoisotopic (exact) mass is 289 g/mol. The Morgan fingerprint density at radius 3 is 2.05 bits per heavy atom. The van der Waals surface area contributed by atoms with Crippen LogP contribution >= 0.6 is 0 Å². The van der Waals surface area contributed by atoms with Gasteiger partial charge in [-0.2, -0.15) is 13.2 Å². The smallest absolute Gasteiger partial charge is 0.370 e. The molecule has 0 unspecified atom stereocenters. The van der Waals surface area contributed by atoms with Gasteiger partial charge in [-0.1, -0.05) is 20.8 Å². The lowest BCUT2D eigenvalue weighted by atomic mass is 9.90. The summed E-state index contributed by atoms with van der Waals surface area (Å²) in [5.74, 6) is 0.483. The fraction of sp³-hybridized carbons (Fsp3) is 0.643. The Balaban J connectivity index is 2.97. The van der Waals surface area contributed by atoms with E-state index in [0.29, 0.717) is 13.1 Å². The van der Waals surface area contributed by atoms with Crippen LogP contribution in [0.3, 0.4) is 0 Å². The van der Waals surface area contributed by atoms with Crippen molar-refractivity contribution in [3.05, 3.63) is 17.7 Å². The molecule has 0 aromatic carbocycles. The lowest BCUT2D eigenvalue weighted by Gasteiger charge is -2.23. The van der Waals surface area contributed by atoms with Gasteiger partial charge in [-0.25, -0.2) is 4.98 Å². The first-order valence-electron chi connectivity index (χ1n) is 6.75. The lowest BCUT2D eigenvalue weighted by Crippen LogP contribution is -2.23. The number of nitrogens with zero attached hydrogens (tertiary/aromatic N) is 1. The molecule has 2 N–H and O–H groups in total. The van der Waals surface area contributed by atoms with E-state index in [4.69, 9.17) is 0 Å². The van der Waals surface area contributed by atoms with Gasteiger partial charge < -0.3 is 10.6 Å². The van der Waals surface area contributed by atoms with Gasteiger partial charge in [0.15, 0.2) is 0 Å². The third-order valence-electron chi connectivity index (χ3n) is 3.22. The minimum absolute atomic E-state index is 0.00820. The van der Waals surface area contributed by atoms with Crippen LogP contribution in [0.2, 0.25) is 0 Å². The highest BCUT2D eigenvalue weighted by atomic mass is 19.4. The van der Waals surface area contributed by atoms with Crippen molar-refractivity contribution < 1.29 is 13.2 Å². The van der Waals surface area contributed by atoms with Crippen LogP contribution in [0, 0.1) is 5.41 Å². The van der Waals surface area contributed by atoms with Crippen LogP contribution in [0.15, 0.2) is 12.1 Å². The van der Waals surface area contributed by atoms with Gasteiger partial charge in [-0.15, -0.1) is 0 Å². The number of nitrogens with one attached hydrogen (secondary N) is 2. The molecule has 20 heavy (non-hydrogen) atoms. The van der Waals surface area contributed by atoms with Crippen molar-refractivity contribution in [2.24, 2.45) is 5.41 Å². The maximum atomic E-state index is 12.8. The van der Waals surface area contributed by atoms with Crippen molar-refractivity contribution in [1.82, 2.24) is 4.98 Å². The molecule has 0 saturated carbocycles. The summed E-state index contributed by atoms with van der Waals surface area (Å²) >= 11 is 0. The number of pyridine rings is 1. The van der Waals surface area contributed by atoms with E-state index in [1.165, 1.54) is 0 Å². The lowest BCUT2D eigenvalue weighted by molar-refractivity contribution is -0.137. The average Bonchev–Trinajstić information content (AvgIpc) is 2.36. The summed E-state index contributed by atoms with van der Waals surface area (Å²) in [5, 5.41) is 5.82. The molecule has 0 saturated heterocycles. The largest absolute Gasteiger partial charge is 0.416 e. The first-order valence-corrected chi connectivity index (χ1v) is 6.75.